The van der Waals surface area contributed by atoms with Crippen LogP contribution in [0.15, 0.2) is 36.7 Å². The van der Waals surface area contributed by atoms with Crippen LogP contribution in [0.25, 0.3) is 11.4 Å². The van der Waals surface area contributed by atoms with Crippen LogP contribution in [-0.2, 0) is 12.8 Å². The summed E-state index contributed by atoms with van der Waals surface area (Å²) in [5.41, 5.74) is -1.72. The average Bonchev–Trinajstić information content (AvgIpc) is 3.10. The van der Waals surface area contributed by atoms with Crippen molar-refractivity contribution in [1.29, 1.82) is 0 Å². The van der Waals surface area contributed by atoms with Crippen molar-refractivity contribution < 1.29 is 132 Å². The third-order valence-electron chi connectivity index (χ3n) is 8.61. The second kappa shape index (κ2) is 16.0. The van der Waals surface area contributed by atoms with Crippen molar-refractivity contribution in [3.63, 3.8) is 0 Å². The van der Waals surface area contributed by atoms with Crippen molar-refractivity contribution in [3.8, 4) is 11.4 Å². The van der Waals surface area contributed by atoms with E-state index in [2.05, 4.69) is 9.97 Å². The molecule has 0 saturated heterocycles. The molecule has 0 radical (unpaired) electrons. The maximum absolute atomic E-state index is 14.2. The standard InChI is InChI=1S/C30H18F30N2/c31-17(32,19(35,36)21(39,40)23(43,44)25(47,48)27(51,52)29(55,56)57)7-1-3-13-5-9-61-15(11-13)16-12-14(6-10-62-16)4-2-8-18(33,34)20(37,38)22(41,42)24(45,46)26(49,50)28(53,54)30(58,59)60/h5-6,9-12H,1-4,7-8H2. The van der Waals surface area contributed by atoms with Gasteiger partial charge in [-0.2, -0.15) is 132 Å². The van der Waals surface area contributed by atoms with E-state index in [0.29, 0.717) is 0 Å². The van der Waals surface area contributed by atoms with Crippen LogP contribution in [0.3, 0.4) is 0 Å². The van der Waals surface area contributed by atoms with E-state index >= 15 is 0 Å². The molecule has 2 aromatic heterocycles. The minimum atomic E-state index is -8.50. The van der Waals surface area contributed by atoms with Gasteiger partial charge in [0.15, 0.2) is 0 Å². The summed E-state index contributed by atoms with van der Waals surface area (Å²) < 4.78 is 403. The van der Waals surface area contributed by atoms with Gasteiger partial charge in [0.05, 0.1) is 11.4 Å². The molecule has 0 N–H and O–H groups in total. The van der Waals surface area contributed by atoms with Crippen molar-refractivity contribution in [2.24, 2.45) is 0 Å². The summed E-state index contributed by atoms with van der Waals surface area (Å²) in [5, 5.41) is 0. The summed E-state index contributed by atoms with van der Waals surface area (Å²) >= 11 is 0. The zero-order chi connectivity index (χ0) is 49.2. The largest absolute Gasteiger partial charge is 0.460 e. The zero-order valence-corrected chi connectivity index (χ0v) is 28.9. The topological polar surface area (TPSA) is 25.8 Å². The first-order chi connectivity index (χ1) is 27.1. The molecule has 0 bridgehead atoms. The third-order valence-corrected chi connectivity index (χ3v) is 8.61. The fourth-order valence-electron chi connectivity index (χ4n) is 4.88. The van der Waals surface area contributed by atoms with Crippen LogP contribution in [0, 0.1) is 0 Å². The molecular weight excluding hydrogens is 958 g/mol. The van der Waals surface area contributed by atoms with Crippen molar-refractivity contribution in [2.45, 2.75) is 122 Å². The van der Waals surface area contributed by atoms with E-state index in [-0.39, 0.29) is 11.1 Å². The van der Waals surface area contributed by atoms with Crippen LogP contribution >= 0.6 is 0 Å². The highest BCUT2D eigenvalue weighted by atomic mass is 19.4. The van der Waals surface area contributed by atoms with E-state index in [4.69, 9.17) is 0 Å². The second-order valence-electron chi connectivity index (χ2n) is 13.0. The van der Waals surface area contributed by atoms with Crippen LogP contribution in [0.5, 0.6) is 0 Å². The van der Waals surface area contributed by atoms with Gasteiger partial charge >= 0.3 is 83.4 Å². The lowest BCUT2D eigenvalue weighted by atomic mass is 9.89. The van der Waals surface area contributed by atoms with E-state index in [1.807, 2.05) is 0 Å². The zero-order valence-electron chi connectivity index (χ0n) is 28.9. The Labute approximate surface area is 323 Å². The molecule has 0 spiro atoms. The van der Waals surface area contributed by atoms with Gasteiger partial charge < -0.3 is 0 Å². The Morgan fingerprint density at radius 2 is 0.532 bits per heavy atom. The van der Waals surface area contributed by atoms with Gasteiger partial charge in [-0.05, 0) is 61.1 Å². The molecule has 2 heterocycles. The summed E-state index contributed by atoms with van der Waals surface area (Å²) in [6, 6.07) is 3.13. The van der Waals surface area contributed by atoms with Gasteiger partial charge in [0.25, 0.3) is 0 Å². The molecule has 0 atom stereocenters. The summed E-state index contributed by atoms with van der Waals surface area (Å²) in [6.45, 7) is 0. The Morgan fingerprint density at radius 1 is 0.306 bits per heavy atom. The van der Waals surface area contributed by atoms with Gasteiger partial charge in [0.2, 0.25) is 0 Å². The van der Waals surface area contributed by atoms with Crippen LogP contribution < -0.4 is 0 Å². The fraction of sp³-hybridized carbons (Fsp3) is 0.667. The van der Waals surface area contributed by atoms with Crippen LogP contribution in [0.4, 0.5) is 132 Å². The Bertz CT molecular complexity index is 1730. The molecule has 62 heavy (non-hydrogen) atoms. The molecule has 0 unspecified atom stereocenters. The summed E-state index contributed by atoms with van der Waals surface area (Å²) in [4.78, 5) is 7.27. The highest BCUT2D eigenvalue weighted by Crippen LogP contribution is 2.64. The third kappa shape index (κ3) is 8.47. The van der Waals surface area contributed by atoms with Gasteiger partial charge in [0, 0.05) is 25.2 Å². The van der Waals surface area contributed by atoms with Crippen molar-refractivity contribution in [3.05, 3.63) is 47.8 Å². The maximum atomic E-state index is 14.2. The molecular formula is C30H18F30N2. The van der Waals surface area contributed by atoms with Crippen LogP contribution in [-0.4, -0.2) is 93.4 Å². The molecule has 0 saturated carbocycles. The molecule has 0 aromatic carbocycles. The molecule has 32 heteroatoms. The van der Waals surface area contributed by atoms with Gasteiger partial charge in [-0.15, -0.1) is 0 Å². The monoisotopic (exact) mass is 976 g/mol. The van der Waals surface area contributed by atoms with Gasteiger partial charge in [0.1, 0.15) is 0 Å². The summed E-state index contributed by atoms with van der Waals surface area (Å²) in [7, 11) is 0. The molecule has 0 amide bonds. The quantitative estimate of drug-likeness (QED) is 0.131. The number of hydrogen-bond donors (Lipinski definition) is 0. The fourth-order valence-corrected chi connectivity index (χ4v) is 4.88. The Hall–Kier alpha value is -3.80. The SMILES string of the molecule is FC(F)(F)C(F)(F)C(F)(F)C(F)(F)C(F)(F)C(F)(F)C(F)(F)CCCc1ccnc(-c2cc(CCCC(F)(F)C(F)(F)C(F)(F)C(F)(F)C(F)(F)C(F)(F)C(F)(F)F)ccn2)c1. The van der Waals surface area contributed by atoms with Gasteiger partial charge in [-0.1, -0.05) is 0 Å². The first-order valence-corrected chi connectivity index (χ1v) is 15.7. The molecule has 0 fully saturated rings. The summed E-state index contributed by atoms with van der Waals surface area (Å²) in [6.07, 6.45) is -24.7. The predicted molar refractivity (Wildman–Crippen MR) is 145 cm³/mol. The van der Waals surface area contributed by atoms with Crippen molar-refractivity contribution in [2.75, 3.05) is 0 Å². The van der Waals surface area contributed by atoms with Crippen LogP contribution in [0.2, 0.25) is 0 Å². The number of hydrogen-bond acceptors (Lipinski definition) is 2. The van der Waals surface area contributed by atoms with Crippen molar-refractivity contribution >= 4 is 0 Å². The maximum Gasteiger partial charge on any atom is 0.460 e. The molecule has 0 aliphatic carbocycles. The highest BCUT2D eigenvalue weighted by Gasteiger charge is 2.94. The van der Waals surface area contributed by atoms with Gasteiger partial charge in [-0.25, -0.2) is 0 Å². The lowest BCUT2D eigenvalue weighted by molar-refractivity contribution is -0.452. The Balaban J connectivity index is 2.25. The van der Waals surface area contributed by atoms with E-state index in [1.165, 1.54) is 0 Å². The highest BCUT2D eigenvalue weighted by molar-refractivity contribution is 5.55. The first kappa shape index (κ1) is 54.3. The number of pyridine rings is 2. The number of nitrogens with zero attached hydrogens (tertiary/aromatic N) is 2. The minimum Gasteiger partial charge on any atom is -0.255 e. The molecule has 358 valence electrons. The lowest BCUT2D eigenvalue weighted by Crippen LogP contribution is -2.72. The number of rotatable bonds is 19. The number of aryl methyl sites for hydroxylation is 2. The molecule has 2 rings (SSSR count). The molecule has 0 aliphatic rings. The minimum absolute atomic E-state index is 0.382. The average molecular weight is 976 g/mol. The lowest BCUT2D eigenvalue weighted by Gasteiger charge is -2.41. The number of aromatic nitrogens is 2. The van der Waals surface area contributed by atoms with E-state index in [1.54, 1.807) is 0 Å². The summed E-state index contributed by atoms with van der Waals surface area (Å²) in [5.74, 6) is -95.5. The van der Waals surface area contributed by atoms with Gasteiger partial charge in [-0.3, -0.25) is 9.97 Å². The Morgan fingerprint density at radius 3 is 0.774 bits per heavy atom. The first-order valence-electron chi connectivity index (χ1n) is 15.7. The molecule has 2 aromatic rings. The van der Waals surface area contributed by atoms with E-state index in [9.17, 15) is 132 Å². The van der Waals surface area contributed by atoms with Crippen LogP contribution in [0.1, 0.15) is 36.8 Å². The smallest absolute Gasteiger partial charge is 0.255 e. The molecule has 0 aliphatic heterocycles. The van der Waals surface area contributed by atoms with Crippen molar-refractivity contribution in [1.82, 2.24) is 9.97 Å². The predicted octanol–water partition coefficient (Wildman–Crippen LogP) is 13.5. The Kier molecular flexibility index (Phi) is 14.0. The van der Waals surface area contributed by atoms with E-state index < -0.39 is 133 Å². The second-order valence-corrected chi connectivity index (χ2v) is 13.0. The molecule has 2 nitrogen and oxygen atoms in total. The normalized spacial score (nSPS) is 15.6. The number of alkyl halides is 30. The van der Waals surface area contributed by atoms with E-state index in [0.717, 1.165) is 36.7 Å². The number of halogens is 30.